The first-order chi connectivity index (χ1) is 16.8. The third kappa shape index (κ3) is 4.18. The molecule has 1 aliphatic rings. The lowest BCUT2D eigenvalue weighted by molar-refractivity contribution is -0.149. The van der Waals surface area contributed by atoms with Crippen LogP contribution >= 0.6 is 11.3 Å². The van der Waals surface area contributed by atoms with Crippen LogP contribution in [-0.2, 0) is 24.5 Å². The Labute approximate surface area is 209 Å². The summed E-state index contributed by atoms with van der Waals surface area (Å²) in [6.45, 7) is 5.76. The molecule has 1 aliphatic heterocycles. The van der Waals surface area contributed by atoms with E-state index in [4.69, 9.17) is 14.5 Å². The van der Waals surface area contributed by atoms with E-state index in [1.807, 2.05) is 80.7 Å². The zero-order valence-corrected chi connectivity index (χ0v) is 21.2. The summed E-state index contributed by atoms with van der Waals surface area (Å²) in [4.78, 5) is 31.5. The van der Waals surface area contributed by atoms with E-state index in [1.165, 1.54) is 25.6 Å². The van der Waals surface area contributed by atoms with Crippen molar-refractivity contribution in [3.8, 4) is 11.3 Å². The highest BCUT2D eigenvalue weighted by Gasteiger charge is 2.58. The van der Waals surface area contributed by atoms with Gasteiger partial charge in [0.15, 0.2) is 5.13 Å². The van der Waals surface area contributed by atoms with Crippen molar-refractivity contribution in [1.82, 2.24) is 10.3 Å². The smallest absolute Gasteiger partial charge is 0.337 e. The standard InChI is InChI=1S/C27H29N3O4S/c1-16-11-9-10-14-20(16)21-15-35-26(29-21)30-23-22(24(31)33-4)17(2)28-18(3)27(23,25(32)34-5)19-12-7-6-8-13-19/h6-15,18,23,28H,1-5H3,(H,29,30). The van der Waals surface area contributed by atoms with E-state index in [9.17, 15) is 9.59 Å². The second kappa shape index (κ2) is 9.92. The van der Waals surface area contributed by atoms with Crippen LogP contribution in [0.15, 0.2) is 71.2 Å². The van der Waals surface area contributed by atoms with Crippen LogP contribution in [0.2, 0.25) is 0 Å². The number of carbonyl (C=O) groups excluding carboxylic acids is 2. The number of ether oxygens (including phenoxy) is 2. The molecule has 182 valence electrons. The molecule has 2 N–H and O–H groups in total. The van der Waals surface area contributed by atoms with Gasteiger partial charge in [-0.15, -0.1) is 11.3 Å². The van der Waals surface area contributed by atoms with Crippen molar-refractivity contribution in [2.75, 3.05) is 19.5 Å². The number of hydrogen-bond acceptors (Lipinski definition) is 8. The van der Waals surface area contributed by atoms with Crippen molar-refractivity contribution < 1.29 is 19.1 Å². The summed E-state index contributed by atoms with van der Waals surface area (Å²) in [5.41, 5.74) is 3.36. The number of nitrogens with one attached hydrogen (secondary N) is 2. The van der Waals surface area contributed by atoms with E-state index >= 15 is 0 Å². The van der Waals surface area contributed by atoms with E-state index in [-0.39, 0.29) is 0 Å². The molecule has 0 amide bonds. The third-order valence-corrected chi connectivity index (χ3v) is 7.41. The highest BCUT2D eigenvalue weighted by Crippen LogP contribution is 2.43. The van der Waals surface area contributed by atoms with Crippen LogP contribution in [0.1, 0.15) is 25.0 Å². The quantitative estimate of drug-likeness (QED) is 0.493. The number of nitrogens with zero attached hydrogens (tertiary/aromatic N) is 1. The Balaban J connectivity index is 1.89. The lowest BCUT2D eigenvalue weighted by Crippen LogP contribution is -2.65. The normalized spacial score (nSPS) is 21.7. The third-order valence-electron chi connectivity index (χ3n) is 6.64. The number of esters is 2. The highest BCUT2D eigenvalue weighted by molar-refractivity contribution is 7.14. The molecule has 7 nitrogen and oxygen atoms in total. The first-order valence-electron chi connectivity index (χ1n) is 11.3. The zero-order valence-electron chi connectivity index (χ0n) is 20.4. The maximum atomic E-state index is 13.6. The molecule has 0 aliphatic carbocycles. The highest BCUT2D eigenvalue weighted by atomic mass is 32.1. The Morgan fingerprint density at radius 3 is 2.37 bits per heavy atom. The summed E-state index contributed by atoms with van der Waals surface area (Å²) >= 11 is 1.42. The molecule has 0 radical (unpaired) electrons. The van der Waals surface area contributed by atoms with Gasteiger partial charge < -0.3 is 20.1 Å². The molecular formula is C27H29N3O4S. The molecular weight excluding hydrogens is 462 g/mol. The number of anilines is 1. The van der Waals surface area contributed by atoms with Gasteiger partial charge in [0.2, 0.25) is 0 Å². The van der Waals surface area contributed by atoms with Gasteiger partial charge in [0.05, 0.1) is 31.5 Å². The van der Waals surface area contributed by atoms with Gasteiger partial charge in [0.25, 0.3) is 0 Å². The van der Waals surface area contributed by atoms with Crippen LogP contribution in [-0.4, -0.2) is 43.2 Å². The van der Waals surface area contributed by atoms with E-state index in [2.05, 4.69) is 10.6 Å². The molecule has 1 aromatic heterocycles. The molecule has 4 rings (SSSR count). The van der Waals surface area contributed by atoms with Crippen LogP contribution in [0, 0.1) is 6.92 Å². The minimum Gasteiger partial charge on any atom is -0.468 e. The number of methoxy groups -OCH3 is 2. The number of thiazole rings is 1. The Kier molecular flexibility index (Phi) is 6.93. The van der Waals surface area contributed by atoms with Gasteiger partial charge >= 0.3 is 11.9 Å². The molecule has 35 heavy (non-hydrogen) atoms. The topological polar surface area (TPSA) is 89.5 Å². The second-order valence-electron chi connectivity index (χ2n) is 8.55. The fourth-order valence-corrected chi connectivity index (χ4v) is 5.68. The Bertz CT molecular complexity index is 1270. The molecule has 0 saturated carbocycles. The molecule has 2 heterocycles. The van der Waals surface area contributed by atoms with Crippen LogP contribution < -0.4 is 10.6 Å². The maximum Gasteiger partial charge on any atom is 0.337 e. The van der Waals surface area contributed by atoms with Crippen molar-refractivity contribution in [3.63, 3.8) is 0 Å². The number of carbonyl (C=O) groups is 2. The monoisotopic (exact) mass is 491 g/mol. The molecule has 3 unspecified atom stereocenters. The first-order valence-corrected chi connectivity index (χ1v) is 12.2. The van der Waals surface area contributed by atoms with Crippen LogP contribution in [0.3, 0.4) is 0 Å². The SMILES string of the molecule is COC(=O)C1=C(C)NC(C)C(C(=O)OC)(c2ccccc2)C1Nc1nc(-c2ccccc2C)cs1. The fraction of sp³-hybridized carbons (Fsp3) is 0.296. The van der Waals surface area contributed by atoms with Crippen LogP contribution in [0.4, 0.5) is 5.13 Å². The maximum absolute atomic E-state index is 13.6. The first kappa shape index (κ1) is 24.5. The van der Waals surface area contributed by atoms with Crippen molar-refractivity contribution in [2.45, 2.75) is 38.3 Å². The number of rotatable bonds is 6. The van der Waals surface area contributed by atoms with Gasteiger partial charge in [-0.25, -0.2) is 9.78 Å². The van der Waals surface area contributed by atoms with E-state index in [0.717, 1.165) is 16.8 Å². The fourth-order valence-electron chi connectivity index (χ4n) is 4.94. The van der Waals surface area contributed by atoms with Crippen LogP contribution in [0.25, 0.3) is 11.3 Å². The second-order valence-corrected chi connectivity index (χ2v) is 9.41. The molecule has 2 aromatic carbocycles. The summed E-state index contributed by atoms with van der Waals surface area (Å²) in [6.07, 6.45) is 0. The minimum atomic E-state index is -1.27. The van der Waals surface area contributed by atoms with Gasteiger partial charge in [-0.05, 0) is 31.9 Å². The lowest BCUT2D eigenvalue weighted by Gasteiger charge is -2.47. The summed E-state index contributed by atoms with van der Waals surface area (Å²) in [5.74, 6) is -0.995. The number of aromatic nitrogens is 1. The molecule has 0 bridgehead atoms. The van der Waals surface area contributed by atoms with E-state index in [0.29, 0.717) is 22.0 Å². The molecule has 0 saturated heterocycles. The van der Waals surface area contributed by atoms with E-state index in [1.54, 1.807) is 0 Å². The van der Waals surface area contributed by atoms with E-state index < -0.39 is 29.4 Å². The number of aryl methyl sites for hydroxylation is 1. The van der Waals surface area contributed by atoms with Gasteiger partial charge in [0.1, 0.15) is 5.41 Å². The average Bonchev–Trinajstić information content (AvgIpc) is 3.32. The number of benzene rings is 2. The van der Waals surface area contributed by atoms with Crippen molar-refractivity contribution in [3.05, 3.63) is 82.4 Å². The molecule has 8 heteroatoms. The molecule has 3 aromatic rings. The largest absolute Gasteiger partial charge is 0.468 e. The predicted molar refractivity (Wildman–Crippen MR) is 137 cm³/mol. The summed E-state index contributed by atoms with van der Waals surface area (Å²) in [7, 11) is 2.69. The molecule has 0 spiro atoms. The zero-order chi connectivity index (χ0) is 25.2. The predicted octanol–water partition coefficient (Wildman–Crippen LogP) is 4.45. The summed E-state index contributed by atoms with van der Waals surface area (Å²) < 4.78 is 10.5. The number of allylic oxidation sites excluding steroid dienone is 1. The van der Waals surface area contributed by atoms with Gasteiger partial charge in [0, 0.05) is 22.7 Å². The van der Waals surface area contributed by atoms with Gasteiger partial charge in [-0.2, -0.15) is 0 Å². The van der Waals surface area contributed by atoms with Crippen LogP contribution in [0.5, 0.6) is 0 Å². The molecule has 0 fully saturated rings. The van der Waals surface area contributed by atoms with Crippen molar-refractivity contribution in [1.29, 1.82) is 0 Å². The summed E-state index contributed by atoms with van der Waals surface area (Å²) in [6, 6.07) is 16.2. The average molecular weight is 492 g/mol. The minimum absolute atomic E-state index is 0.326. The van der Waals surface area contributed by atoms with Gasteiger partial charge in [-0.3, -0.25) is 4.79 Å². The Hall–Kier alpha value is -3.65. The Morgan fingerprint density at radius 2 is 1.71 bits per heavy atom. The van der Waals surface area contributed by atoms with Gasteiger partial charge in [-0.1, -0.05) is 54.6 Å². The van der Waals surface area contributed by atoms with Crippen molar-refractivity contribution >= 4 is 28.4 Å². The lowest BCUT2D eigenvalue weighted by atomic mass is 9.64. The summed E-state index contributed by atoms with van der Waals surface area (Å²) in [5, 5.41) is 9.30. The van der Waals surface area contributed by atoms with Crippen molar-refractivity contribution in [2.24, 2.45) is 0 Å². The number of hydrogen-bond donors (Lipinski definition) is 2. The Morgan fingerprint density at radius 1 is 1.03 bits per heavy atom. The molecule has 3 atom stereocenters.